The highest BCUT2D eigenvalue weighted by atomic mass is 32.2. The zero-order valence-electron chi connectivity index (χ0n) is 19.0. The zero-order valence-corrected chi connectivity index (χ0v) is 19.8. The molecule has 0 radical (unpaired) electrons. The van der Waals surface area contributed by atoms with E-state index in [1.54, 1.807) is 19.1 Å². The fourth-order valence-electron chi connectivity index (χ4n) is 3.80. The summed E-state index contributed by atoms with van der Waals surface area (Å²) >= 11 is 0. The van der Waals surface area contributed by atoms with E-state index in [-0.39, 0.29) is 52.1 Å². The second-order valence-corrected chi connectivity index (χ2v) is 10.3. The lowest BCUT2D eigenvalue weighted by molar-refractivity contribution is 0.0913. The van der Waals surface area contributed by atoms with Gasteiger partial charge in [-0.05, 0) is 49.1 Å². The van der Waals surface area contributed by atoms with Crippen LogP contribution >= 0.6 is 0 Å². The Bertz CT molecular complexity index is 1320. The molecule has 1 aliphatic rings. The van der Waals surface area contributed by atoms with E-state index in [4.69, 9.17) is 4.74 Å². The molecule has 0 spiro atoms. The Kier molecular flexibility index (Phi) is 6.52. The molecule has 0 saturated heterocycles. The summed E-state index contributed by atoms with van der Waals surface area (Å²) in [5.41, 5.74) is 1.21. The standard InChI is InChI=1S/C24H25FN4O4S/c1-14(2)10-17-13-33-21-12-20(22-15(3)6-4-9-19(22)25)27-24(28-21)29-34(31,32)18-8-5-7-16(11-18)23(30)26-17/h4-9,11-12,14,17H,10,13H2,1-3H3,(H,26,30)(H,27,28,29)/t17-/m1/s1. The highest BCUT2D eigenvalue weighted by Gasteiger charge is 2.23. The van der Waals surface area contributed by atoms with E-state index < -0.39 is 21.7 Å². The van der Waals surface area contributed by atoms with Crippen molar-refractivity contribution in [2.24, 2.45) is 5.92 Å². The summed E-state index contributed by atoms with van der Waals surface area (Å²) in [5.74, 6) is -0.866. The fourth-order valence-corrected chi connectivity index (χ4v) is 4.79. The van der Waals surface area contributed by atoms with Crippen LogP contribution in [0.1, 0.15) is 36.2 Å². The Morgan fingerprint density at radius 3 is 2.65 bits per heavy atom. The summed E-state index contributed by atoms with van der Waals surface area (Å²) in [6.07, 6.45) is 0.624. The summed E-state index contributed by atoms with van der Waals surface area (Å²) in [6.45, 7) is 5.86. The Morgan fingerprint density at radius 1 is 1.15 bits per heavy atom. The smallest absolute Gasteiger partial charge is 0.264 e. The first-order chi connectivity index (χ1) is 16.1. The van der Waals surface area contributed by atoms with Crippen molar-refractivity contribution in [1.82, 2.24) is 15.3 Å². The van der Waals surface area contributed by atoms with E-state index in [0.29, 0.717) is 12.0 Å². The molecule has 10 heteroatoms. The predicted octanol–water partition coefficient (Wildman–Crippen LogP) is 3.93. The molecule has 4 rings (SSSR count). The molecule has 1 atom stereocenters. The minimum atomic E-state index is -4.14. The van der Waals surface area contributed by atoms with Crippen LogP contribution in [0, 0.1) is 18.7 Å². The first-order valence-electron chi connectivity index (χ1n) is 10.8. The van der Waals surface area contributed by atoms with Gasteiger partial charge in [-0.3, -0.25) is 4.79 Å². The third kappa shape index (κ3) is 5.17. The maximum Gasteiger partial charge on any atom is 0.264 e. The molecule has 4 bridgehead atoms. The molecule has 1 aliphatic heterocycles. The average Bonchev–Trinajstić information content (AvgIpc) is 2.76. The van der Waals surface area contributed by atoms with E-state index in [1.807, 2.05) is 13.8 Å². The van der Waals surface area contributed by atoms with Crippen LogP contribution in [0.15, 0.2) is 53.4 Å². The summed E-state index contributed by atoms with van der Waals surface area (Å²) in [4.78, 5) is 21.2. The Morgan fingerprint density at radius 2 is 1.91 bits per heavy atom. The number of sulfonamides is 1. The van der Waals surface area contributed by atoms with Gasteiger partial charge < -0.3 is 10.1 Å². The van der Waals surface area contributed by atoms with Crippen LogP contribution in [-0.2, 0) is 10.0 Å². The third-order valence-electron chi connectivity index (χ3n) is 5.34. The van der Waals surface area contributed by atoms with Crippen LogP contribution in [0.2, 0.25) is 0 Å². The van der Waals surface area contributed by atoms with E-state index in [0.717, 1.165) is 0 Å². The van der Waals surface area contributed by atoms with Crippen LogP contribution in [0.4, 0.5) is 10.3 Å². The monoisotopic (exact) mass is 484 g/mol. The molecular weight excluding hydrogens is 459 g/mol. The van der Waals surface area contributed by atoms with Crippen molar-refractivity contribution in [1.29, 1.82) is 0 Å². The Hall–Kier alpha value is -3.53. The number of carbonyl (C=O) groups excluding carboxylic acids is 1. The first kappa shape index (κ1) is 23.6. The number of ether oxygens (including phenoxy) is 1. The quantitative estimate of drug-likeness (QED) is 0.583. The lowest BCUT2D eigenvalue weighted by Crippen LogP contribution is -2.40. The average molecular weight is 485 g/mol. The maximum atomic E-state index is 14.7. The zero-order chi connectivity index (χ0) is 24.5. The number of nitrogens with zero attached hydrogens (tertiary/aromatic N) is 2. The Labute approximate surface area is 197 Å². The van der Waals surface area contributed by atoms with Gasteiger partial charge in [0.2, 0.25) is 11.8 Å². The second kappa shape index (κ2) is 9.38. The molecule has 2 heterocycles. The summed E-state index contributed by atoms with van der Waals surface area (Å²) in [6, 6.07) is 11.4. The number of carbonyl (C=O) groups is 1. The van der Waals surface area contributed by atoms with Gasteiger partial charge >= 0.3 is 0 Å². The van der Waals surface area contributed by atoms with Gasteiger partial charge in [0.05, 0.1) is 16.6 Å². The van der Waals surface area contributed by atoms with Gasteiger partial charge in [0.25, 0.3) is 15.9 Å². The van der Waals surface area contributed by atoms with Crippen LogP contribution in [0.5, 0.6) is 5.88 Å². The fraction of sp³-hybridized carbons (Fsp3) is 0.292. The van der Waals surface area contributed by atoms with Gasteiger partial charge in [-0.2, -0.15) is 4.98 Å². The van der Waals surface area contributed by atoms with Crippen molar-refractivity contribution >= 4 is 21.9 Å². The number of aromatic nitrogens is 2. The van der Waals surface area contributed by atoms with Crippen LogP contribution in [-0.4, -0.2) is 36.9 Å². The molecule has 0 unspecified atom stereocenters. The van der Waals surface area contributed by atoms with Crippen molar-refractivity contribution in [2.75, 3.05) is 11.3 Å². The number of benzene rings is 2. The highest BCUT2D eigenvalue weighted by Crippen LogP contribution is 2.29. The lowest BCUT2D eigenvalue weighted by atomic mass is 10.0. The number of hydrogen-bond donors (Lipinski definition) is 2. The maximum absolute atomic E-state index is 14.7. The van der Waals surface area contributed by atoms with E-state index in [9.17, 15) is 17.6 Å². The number of hydrogen-bond acceptors (Lipinski definition) is 6. The summed E-state index contributed by atoms with van der Waals surface area (Å²) < 4.78 is 48.9. The van der Waals surface area contributed by atoms with Crippen molar-refractivity contribution in [3.63, 3.8) is 0 Å². The molecule has 1 aromatic heterocycles. The normalized spacial score (nSPS) is 17.4. The molecule has 0 fully saturated rings. The molecule has 3 aromatic rings. The number of amides is 1. The van der Waals surface area contributed by atoms with Crippen molar-refractivity contribution < 1.29 is 22.3 Å². The minimum absolute atomic E-state index is 0.0549. The van der Waals surface area contributed by atoms with Gasteiger partial charge in [-0.25, -0.2) is 22.5 Å². The molecule has 2 N–H and O–H groups in total. The molecular formula is C24H25FN4O4S. The van der Waals surface area contributed by atoms with Crippen molar-refractivity contribution in [3.05, 3.63) is 65.5 Å². The summed E-state index contributed by atoms with van der Waals surface area (Å²) in [5, 5.41) is 2.91. The molecule has 178 valence electrons. The predicted molar refractivity (Wildman–Crippen MR) is 126 cm³/mol. The molecule has 0 aliphatic carbocycles. The number of nitrogens with one attached hydrogen (secondary N) is 2. The SMILES string of the molecule is Cc1cccc(F)c1-c1cc2nc(n1)NS(=O)(=O)c1cccc(c1)C(=O)N[C@H](CC(C)C)CO2. The van der Waals surface area contributed by atoms with E-state index in [1.165, 1.54) is 36.4 Å². The third-order valence-corrected chi connectivity index (χ3v) is 6.66. The molecule has 2 aromatic carbocycles. The molecule has 0 saturated carbocycles. The van der Waals surface area contributed by atoms with E-state index >= 15 is 0 Å². The number of rotatable bonds is 3. The topological polar surface area (TPSA) is 110 Å². The van der Waals surface area contributed by atoms with Gasteiger partial charge in [0.15, 0.2) is 0 Å². The van der Waals surface area contributed by atoms with Crippen LogP contribution < -0.4 is 14.8 Å². The minimum Gasteiger partial charge on any atom is -0.475 e. The van der Waals surface area contributed by atoms with Gasteiger partial charge in [0, 0.05) is 17.2 Å². The molecule has 34 heavy (non-hydrogen) atoms. The van der Waals surface area contributed by atoms with Crippen LogP contribution in [0.25, 0.3) is 11.3 Å². The molecule has 1 amide bonds. The first-order valence-corrected chi connectivity index (χ1v) is 12.3. The summed E-state index contributed by atoms with van der Waals surface area (Å²) in [7, 11) is -4.14. The van der Waals surface area contributed by atoms with Crippen molar-refractivity contribution in [3.8, 4) is 17.1 Å². The van der Waals surface area contributed by atoms with Gasteiger partial charge in [-0.1, -0.05) is 32.0 Å². The highest BCUT2D eigenvalue weighted by molar-refractivity contribution is 7.92. The Balaban J connectivity index is 1.85. The second-order valence-electron chi connectivity index (χ2n) is 8.59. The van der Waals surface area contributed by atoms with Crippen molar-refractivity contribution in [2.45, 2.75) is 38.1 Å². The number of fused-ring (bicyclic) bond motifs is 4. The lowest BCUT2D eigenvalue weighted by Gasteiger charge is -2.21. The molecule has 8 nitrogen and oxygen atoms in total. The van der Waals surface area contributed by atoms with Gasteiger partial charge in [0.1, 0.15) is 12.4 Å². The van der Waals surface area contributed by atoms with E-state index in [2.05, 4.69) is 20.0 Å². The largest absolute Gasteiger partial charge is 0.475 e. The number of halogens is 1. The van der Waals surface area contributed by atoms with Gasteiger partial charge in [-0.15, -0.1) is 0 Å². The number of aryl methyl sites for hydroxylation is 1. The van der Waals surface area contributed by atoms with Crippen LogP contribution in [0.3, 0.4) is 0 Å². The number of anilines is 1.